The Morgan fingerprint density at radius 1 is 1.44 bits per heavy atom. The van der Waals surface area contributed by atoms with Crippen molar-refractivity contribution in [2.75, 3.05) is 0 Å². The van der Waals surface area contributed by atoms with Crippen LogP contribution in [0.4, 0.5) is 0 Å². The van der Waals surface area contributed by atoms with Gasteiger partial charge < -0.3 is 4.98 Å². The average Bonchev–Trinajstić information content (AvgIpc) is 1.80. The first kappa shape index (κ1) is 7.06. The van der Waals surface area contributed by atoms with Crippen molar-refractivity contribution in [3.05, 3.63) is 26.9 Å². The van der Waals surface area contributed by atoms with Gasteiger partial charge in [0, 0.05) is 6.20 Å². The number of hydrogen-bond donors (Lipinski definition) is 1. The van der Waals surface area contributed by atoms with E-state index < -0.39 is 0 Å². The number of nitrogens with one attached hydrogen (secondary N) is 1. The first-order valence-electron chi connectivity index (χ1n) is 2.24. The van der Waals surface area contributed by atoms with Gasteiger partial charge in [-0.25, -0.2) is 0 Å². The molecule has 0 amide bonds. The number of pyridine rings is 1. The van der Waals surface area contributed by atoms with E-state index in [0.29, 0.717) is 14.7 Å². The van der Waals surface area contributed by atoms with Crippen LogP contribution in [0.25, 0.3) is 0 Å². The highest BCUT2D eigenvalue weighted by Gasteiger charge is 1.89. The lowest BCUT2D eigenvalue weighted by Crippen LogP contribution is -1.73. The van der Waals surface area contributed by atoms with Gasteiger partial charge in [-0.1, -0.05) is 35.4 Å². The van der Waals surface area contributed by atoms with Crippen molar-refractivity contribution in [2.45, 2.75) is 0 Å². The molecule has 4 heteroatoms. The third-order valence-corrected chi connectivity index (χ3v) is 1.81. The molecule has 1 aromatic heterocycles. The fourth-order valence-electron chi connectivity index (χ4n) is 0.429. The van der Waals surface area contributed by atoms with Crippen LogP contribution in [0.3, 0.4) is 0 Å². The van der Waals surface area contributed by atoms with Crippen LogP contribution < -0.4 is 0 Å². The van der Waals surface area contributed by atoms with Gasteiger partial charge in [0.05, 0.1) is 9.53 Å². The van der Waals surface area contributed by atoms with E-state index in [1.807, 2.05) is 0 Å². The number of aromatic nitrogens is 1. The van der Waals surface area contributed by atoms with Crippen molar-refractivity contribution in [2.24, 2.45) is 0 Å². The minimum atomic E-state index is 0.504. The molecule has 1 aromatic rings. The summed E-state index contributed by atoms with van der Waals surface area (Å²) >= 11 is 15.9. The number of halogens is 2. The number of H-pyrrole nitrogens is 1. The summed E-state index contributed by atoms with van der Waals surface area (Å²) in [5, 5.41) is 1.03. The first-order valence-corrected chi connectivity index (χ1v) is 3.40. The van der Waals surface area contributed by atoms with Gasteiger partial charge in [0.25, 0.3) is 0 Å². The molecule has 1 N–H and O–H groups in total. The zero-order valence-electron chi connectivity index (χ0n) is 4.32. The number of hydrogen-bond acceptors (Lipinski definition) is 1. The predicted molar refractivity (Wildman–Crippen MR) is 41.6 cm³/mol. The molecule has 1 heterocycles. The molecule has 0 bridgehead atoms. The van der Waals surface area contributed by atoms with Crippen LogP contribution in [-0.2, 0) is 0 Å². The second kappa shape index (κ2) is 2.69. The van der Waals surface area contributed by atoms with Crippen molar-refractivity contribution in [3.63, 3.8) is 0 Å². The lowest BCUT2D eigenvalue weighted by Gasteiger charge is -1.89. The smallest absolute Gasteiger partial charge is 0.107 e. The largest absolute Gasteiger partial charge is 0.351 e. The third-order valence-electron chi connectivity index (χ3n) is 0.830. The quantitative estimate of drug-likeness (QED) is 0.479. The van der Waals surface area contributed by atoms with Gasteiger partial charge in [0.1, 0.15) is 5.15 Å². The Morgan fingerprint density at radius 2 is 2.11 bits per heavy atom. The second-order valence-electron chi connectivity index (χ2n) is 1.49. The fraction of sp³-hybridized carbons (Fsp3) is 0. The zero-order chi connectivity index (χ0) is 6.85. The van der Waals surface area contributed by atoms with E-state index in [1.54, 1.807) is 12.3 Å². The van der Waals surface area contributed by atoms with Crippen molar-refractivity contribution in [1.29, 1.82) is 0 Å². The molecule has 0 saturated carbocycles. The molecule has 0 saturated heterocycles. The predicted octanol–water partition coefficient (Wildman–Crippen LogP) is 3.05. The van der Waals surface area contributed by atoms with E-state index in [1.165, 1.54) is 0 Å². The van der Waals surface area contributed by atoms with Crippen LogP contribution in [0.5, 0.6) is 0 Å². The molecule has 0 aliphatic heterocycles. The van der Waals surface area contributed by atoms with E-state index in [4.69, 9.17) is 35.4 Å². The van der Waals surface area contributed by atoms with Crippen LogP contribution in [0.15, 0.2) is 12.3 Å². The molecule has 1 nitrogen and oxygen atoms in total. The zero-order valence-corrected chi connectivity index (χ0v) is 6.65. The van der Waals surface area contributed by atoms with E-state index >= 15 is 0 Å². The number of rotatable bonds is 0. The standard InChI is InChI=1S/C5H3Cl2NS/c6-3-2-8-5(7)1-4(3)9/h1-2H,(H,8,9). The maximum atomic E-state index is 5.59. The lowest BCUT2D eigenvalue weighted by molar-refractivity contribution is 1.32. The molecule has 0 fully saturated rings. The van der Waals surface area contributed by atoms with Crippen molar-refractivity contribution >= 4 is 35.4 Å². The maximum Gasteiger partial charge on any atom is 0.107 e. The van der Waals surface area contributed by atoms with Crippen LogP contribution in [0, 0.1) is 4.51 Å². The molecule has 0 radical (unpaired) electrons. The topological polar surface area (TPSA) is 15.8 Å². The monoisotopic (exact) mass is 179 g/mol. The van der Waals surface area contributed by atoms with E-state index in [0.717, 1.165) is 0 Å². The molecule has 0 aliphatic carbocycles. The van der Waals surface area contributed by atoms with Crippen LogP contribution in [0.2, 0.25) is 10.2 Å². The van der Waals surface area contributed by atoms with Crippen molar-refractivity contribution in [1.82, 2.24) is 4.98 Å². The summed E-state index contributed by atoms with van der Waals surface area (Å²) in [5.41, 5.74) is 0. The van der Waals surface area contributed by atoms with Crippen molar-refractivity contribution < 1.29 is 0 Å². The molecule has 1 rings (SSSR count). The van der Waals surface area contributed by atoms with Crippen LogP contribution >= 0.6 is 35.4 Å². The molecule has 0 aromatic carbocycles. The minimum absolute atomic E-state index is 0.504. The summed E-state index contributed by atoms with van der Waals surface area (Å²) in [6, 6.07) is 1.60. The van der Waals surface area contributed by atoms with Gasteiger partial charge >= 0.3 is 0 Å². The highest BCUT2D eigenvalue weighted by molar-refractivity contribution is 7.71. The van der Waals surface area contributed by atoms with Gasteiger partial charge in [-0.3, -0.25) is 0 Å². The second-order valence-corrected chi connectivity index (χ2v) is 2.75. The Kier molecular flexibility index (Phi) is 2.11. The van der Waals surface area contributed by atoms with Gasteiger partial charge in [-0.15, -0.1) is 0 Å². The molecule has 48 valence electrons. The fourth-order valence-corrected chi connectivity index (χ4v) is 0.943. The normalized spacial score (nSPS) is 9.56. The van der Waals surface area contributed by atoms with Crippen LogP contribution in [0.1, 0.15) is 0 Å². The molecular weight excluding hydrogens is 177 g/mol. The summed E-state index contributed by atoms with van der Waals surface area (Å²) in [7, 11) is 0. The Morgan fingerprint density at radius 3 is 2.56 bits per heavy atom. The molecule has 0 unspecified atom stereocenters. The van der Waals surface area contributed by atoms with Crippen LogP contribution in [-0.4, -0.2) is 4.98 Å². The van der Waals surface area contributed by atoms with Gasteiger partial charge in [-0.2, -0.15) is 0 Å². The van der Waals surface area contributed by atoms with Gasteiger partial charge in [-0.05, 0) is 6.07 Å². The minimum Gasteiger partial charge on any atom is -0.351 e. The summed E-state index contributed by atoms with van der Waals surface area (Å²) in [5.74, 6) is 0. The SMILES string of the molecule is S=c1cc(Cl)[nH]cc1Cl. The summed E-state index contributed by atoms with van der Waals surface area (Å²) in [4.78, 5) is 2.71. The number of aromatic amines is 1. The Hall–Kier alpha value is -0.0500. The average molecular weight is 180 g/mol. The summed E-state index contributed by atoms with van der Waals surface area (Å²) in [6.45, 7) is 0. The highest BCUT2D eigenvalue weighted by atomic mass is 35.5. The Bertz CT molecular complexity index is 268. The summed E-state index contributed by atoms with van der Waals surface area (Å²) < 4.78 is 0.570. The lowest BCUT2D eigenvalue weighted by atomic mass is 10.5. The molecule has 0 aliphatic rings. The van der Waals surface area contributed by atoms with Gasteiger partial charge in [0.15, 0.2) is 0 Å². The summed E-state index contributed by atoms with van der Waals surface area (Å²) in [6.07, 6.45) is 1.56. The Balaban J connectivity index is 3.34. The van der Waals surface area contributed by atoms with E-state index in [2.05, 4.69) is 4.98 Å². The van der Waals surface area contributed by atoms with Gasteiger partial charge in [0.2, 0.25) is 0 Å². The third kappa shape index (κ3) is 1.68. The molecule has 0 atom stereocenters. The Labute approximate surface area is 67.6 Å². The molecule has 0 spiro atoms. The maximum absolute atomic E-state index is 5.59. The molecular formula is C5H3Cl2NS. The highest BCUT2D eigenvalue weighted by Crippen LogP contribution is 2.12. The molecule has 9 heavy (non-hydrogen) atoms. The first-order chi connectivity index (χ1) is 4.20. The van der Waals surface area contributed by atoms with Crippen molar-refractivity contribution in [3.8, 4) is 0 Å². The van der Waals surface area contributed by atoms with E-state index in [-0.39, 0.29) is 0 Å². The van der Waals surface area contributed by atoms with E-state index in [9.17, 15) is 0 Å².